The second-order valence-corrected chi connectivity index (χ2v) is 9.53. The fourth-order valence-corrected chi connectivity index (χ4v) is 6.60. The summed E-state index contributed by atoms with van der Waals surface area (Å²) in [6, 6.07) is 9.89. The SMILES string of the molecule is CN(C)[C@H]1CS(=O)(=O)[C@H]2CN(Cc3coc(-c4ccccc4)n3)C[C@@H]12. The predicted octanol–water partition coefficient (Wildman–Crippen LogP) is 1.50. The Morgan fingerprint density at radius 2 is 2.00 bits per heavy atom. The molecular formula is C18H23N3O3S. The van der Waals surface area contributed by atoms with Crippen LogP contribution in [-0.2, 0) is 16.4 Å². The molecule has 2 aliphatic heterocycles. The van der Waals surface area contributed by atoms with Crippen LogP contribution in [0.3, 0.4) is 0 Å². The average molecular weight is 361 g/mol. The van der Waals surface area contributed by atoms with Crippen molar-refractivity contribution in [3.8, 4) is 11.5 Å². The molecule has 0 spiro atoms. The van der Waals surface area contributed by atoms with Gasteiger partial charge in [-0.15, -0.1) is 0 Å². The van der Waals surface area contributed by atoms with Gasteiger partial charge >= 0.3 is 0 Å². The van der Waals surface area contributed by atoms with Gasteiger partial charge in [-0.05, 0) is 26.2 Å². The molecule has 1 aromatic carbocycles. The fourth-order valence-electron chi connectivity index (χ4n) is 4.10. The smallest absolute Gasteiger partial charge is 0.226 e. The fraction of sp³-hybridized carbons (Fsp3) is 0.500. The van der Waals surface area contributed by atoms with Gasteiger partial charge in [-0.2, -0.15) is 0 Å². The molecule has 4 rings (SSSR count). The van der Waals surface area contributed by atoms with Crippen LogP contribution in [0, 0.1) is 5.92 Å². The molecule has 1 aromatic heterocycles. The van der Waals surface area contributed by atoms with E-state index < -0.39 is 9.84 Å². The van der Waals surface area contributed by atoms with Crippen molar-refractivity contribution in [1.82, 2.24) is 14.8 Å². The summed E-state index contributed by atoms with van der Waals surface area (Å²) in [5, 5.41) is -0.250. The van der Waals surface area contributed by atoms with Gasteiger partial charge in [0.05, 0.1) is 16.7 Å². The maximum absolute atomic E-state index is 12.5. The third-order valence-corrected chi connectivity index (χ3v) is 7.59. The molecular weight excluding hydrogens is 338 g/mol. The van der Waals surface area contributed by atoms with Crippen molar-refractivity contribution in [3.63, 3.8) is 0 Å². The summed E-state index contributed by atoms with van der Waals surface area (Å²) < 4.78 is 30.5. The molecule has 134 valence electrons. The zero-order chi connectivity index (χ0) is 17.6. The molecule has 0 amide bonds. The highest BCUT2D eigenvalue weighted by atomic mass is 32.2. The minimum Gasteiger partial charge on any atom is -0.444 e. The molecule has 2 fully saturated rings. The summed E-state index contributed by atoms with van der Waals surface area (Å²) in [5.74, 6) is 1.07. The lowest BCUT2D eigenvalue weighted by Crippen LogP contribution is -2.37. The first-order valence-corrected chi connectivity index (χ1v) is 10.3. The number of fused-ring (bicyclic) bond motifs is 1. The first-order valence-electron chi connectivity index (χ1n) is 8.54. The first kappa shape index (κ1) is 16.8. The largest absolute Gasteiger partial charge is 0.444 e. The van der Waals surface area contributed by atoms with E-state index in [1.807, 2.05) is 44.4 Å². The Kier molecular flexibility index (Phi) is 4.17. The van der Waals surface area contributed by atoms with Crippen LogP contribution in [0.2, 0.25) is 0 Å². The molecule has 0 unspecified atom stereocenters. The Bertz CT molecular complexity index is 847. The van der Waals surface area contributed by atoms with E-state index in [-0.39, 0.29) is 23.0 Å². The van der Waals surface area contributed by atoms with E-state index in [2.05, 4.69) is 14.8 Å². The Morgan fingerprint density at radius 3 is 2.72 bits per heavy atom. The second kappa shape index (κ2) is 6.23. The highest BCUT2D eigenvalue weighted by Gasteiger charge is 2.52. The number of benzene rings is 1. The summed E-state index contributed by atoms with van der Waals surface area (Å²) in [6.07, 6.45) is 1.67. The standard InChI is InChI=1S/C18H23N3O3S/c1-20(2)16-12-25(22,23)17-10-21(9-15(16)17)8-14-11-24-18(19-14)13-6-4-3-5-7-13/h3-7,11,15-17H,8-10,12H2,1-2H3/t15-,16-,17-/m0/s1. The van der Waals surface area contributed by atoms with E-state index in [0.717, 1.165) is 17.8 Å². The van der Waals surface area contributed by atoms with Crippen molar-refractivity contribution in [1.29, 1.82) is 0 Å². The van der Waals surface area contributed by atoms with Crippen LogP contribution < -0.4 is 0 Å². The highest BCUT2D eigenvalue weighted by Crippen LogP contribution is 2.36. The lowest BCUT2D eigenvalue weighted by atomic mass is 10.00. The topological polar surface area (TPSA) is 66.7 Å². The summed E-state index contributed by atoms with van der Waals surface area (Å²) in [7, 11) is 0.926. The van der Waals surface area contributed by atoms with Gasteiger partial charge in [0.2, 0.25) is 5.89 Å². The molecule has 0 bridgehead atoms. The molecule has 3 atom stereocenters. The van der Waals surface area contributed by atoms with Crippen molar-refractivity contribution in [2.75, 3.05) is 32.9 Å². The van der Waals surface area contributed by atoms with Crippen molar-refractivity contribution in [3.05, 3.63) is 42.3 Å². The van der Waals surface area contributed by atoms with Gasteiger partial charge in [0.15, 0.2) is 9.84 Å². The van der Waals surface area contributed by atoms with Gasteiger partial charge in [0.25, 0.3) is 0 Å². The molecule has 2 saturated heterocycles. The van der Waals surface area contributed by atoms with Gasteiger partial charge < -0.3 is 9.32 Å². The number of oxazole rings is 1. The highest BCUT2D eigenvalue weighted by molar-refractivity contribution is 7.92. The zero-order valence-electron chi connectivity index (χ0n) is 14.5. The van der Waals surface area contributed by atoms with Crippen molar-refractivity contribution in [2.45, 2.75) is 17.8 Å². The Balaban J connectivity index is 1.48. The lowest BCUT2D eigenvalue weighted by molar-refractivity contribution is 0.229. The molecule has 2 aromatic rings. The number of hydrogen-bond acceptors (Lipinski definition) is 6. The van der Waals surface area contributed by atoms with Crippen LogP contribution in [0.15, 0.2) is 41.0 Å². The number of nitrogens with zero attached hydrogens (tertiary/aromatic N) is 3. The van der Waals surface area contributed by atoms with Crippen LogP contribution in [-0.4, -0.2) is 67.4 Å². The minimum atomic E-state index is -3.01. The van der Waals surface area contributed by atoms with Crippen LogP contribution in [0.25, 0.3) is 11.5 Å². The molecule has 0 saturated carbocycles. The first-order chi connectivity index (χ1) is 11.9. The van der Waals surface area contributed by atoms with Crippen molar-refractivity contribution in [2.24, 2.45) is 5.92 Å². The Hall–Kier alpha value is -1.70. The summed E-state index contributed by atoms with van der Waals surface area (Å²) >= 11 is 0. The molecule has 2 aliphatic rings. The lowest BCUT2D eigenvalue weighted by Gasteiger charge is -2.24. The summed E-state index contributed by atoms with van der Waals surface area (Å²) in [5.41, 5.74) is 1.79. The molecule has 0 N–H and O–H groups in total. The van der Waals surface area contributed by atoms with E-state index in [1.54, 1.807) is 6.26 Å². The van der Waals surface area contributed by atoms with E-state index >= 15 is 0 Å². The van der Waals surface area contributed by atoms with Gasteiger partial charge in [0.1, 0.15) is 6.26 Å². The monoisotopic (exact) mass is 361 g/mol. The molecule has 0 radical (unpaired) electrons. The number of aromatic nitrogens is 1. The minimum absolute atomic E-state index is 0.109. The quantitative estimate of drug-likeness (QED) is 0.822. The van der Waals surface area contributed by atoms with Crippen LogP contribution in [0.4, 0.5) is 0 Å². The zero-order valence-corrected chi connectivity index (χ0v) is 15.3. The maximum atomic E-state index is 12.5. The summed E-state index contributed by atoms with van der Waals surface area (Å²) in [6.45, 7) is 2.00. The van der Waals surface area contributed by atoms with E-state index in [1.165, 1.54) is 0 Å². The molecule has 25 heavy (non-hydrogen) atoms. The second-order valence-electron chi connectivity index (χ2n) is 7.27. The molecule has 3 heterocycles. The van der Waals surface area contributed by atoms with Gasteiger partial charge in [-0.1, -0.05) is 18.2 Å². The van der Waals surface area contributed by atoms with Crippen LogP contribution in [0.1, 0.15) is 5.69 Å². The van der Waals surface area contributed by atoms with E-state index in [0.29, 0.717) is 19.0 Å². The Morgan fingerprint density at radius 1 is 1.24 bits per heavy atom. The summed E-state index contributed by atoms with van der Waals surface area (Å²) in [4.78, 5) is 8.80. The number of sulfone groups is 1. The average Bonchev–Trinajstić information content (AvgIpc) is 3.26. The van der Waals surface area contributed by atoms with Gasteiger partial charge in [0, 0.05) is 37.2 Å². The molecule has 7 heteroatoms. The third kappa shape index (κ3) is 3.12. The normalized spacial score (nSPS) is 28.5. The number of hydrogen-bond donors (Lipinski definition) is 0. The van der Waals surface area contributed by atoms with E-state index in [4.69, 9.17) is 4.42 Å². The number of rotatable bonds is 4. The predicted molar refractivity (Wildman–Crippen MR) is 95.8 cm³/mol. The maximum Gasteiger partial charge on any atom is 0.226 e. The molecule has 6 nitrogen and oxygen atoms in total. The van der Waals surface area contributed by atoms with Crippen LogP contribution in [0.5, 0.6) is 0 Å². The van der Waals surface area contributed by atoms with Gasteiger partial charge in [-0.3, -0.25) is 4.90 Å². The number of likely N-dealkylation sites (tertiary alicyclic amines) is 1. The molecule has 0 aliphatic carbocycles. The Labute approximate surface area is 148 Å². The third-order valence-electron chi connectivity index (χ3n) is 5.36. The van der Waals surface area contributed by atoms with Crippen molar-refractivity contribution >= 4 is 9.84 Å². The van der Waals surface area contributed by atoms with Gasteiger partial charge in [-0.25, -0.2) is 13.4 Å². The van der Waals surface area contributed by atoms with Crippen molar-refractivity contribution < 1.29 is 12.8 Å². The van der Waals surface area contributed by atoms with Crippen LogP contribution >= 0.6 is 0 Å². The van der Waals surface area contributed by atoms with E-state index in [9.17, 15) is 8.42 Å².